The number of hydrogen-bond donors (Lipinski definition) is 2. The van der Waals surface area contributed by atoms with Gasteiger partial charge in [0, 0.05) is 18.2 Å². The van der Waals surface area contributed by atoms with E-state index < -0.39 is 5.97 Å². The first-order valence-electron chi connectivity index (χ1n) is 7.68. The van der Waals surface area contributed by atoms with Crippen LogP contribution in [0.2, 0.25) is 0 Å². The van der Waals surface area contributed by atoms with E-state index in [0.717, 1.165) is 29.9 Å². The summed E-state index contributed by atoms with van der Waals surface area (Å²) in [5, 5.41) is 11.6. The fourth-order valence-electron chi connectivity index (χ4n) is 5.27. The van der Waals surface area contributed by atoms with Gasteiger partial charge in [-0.05, 0) is 68.6 Å². The minimum atomic E-state index is -1.08. The van der Waals surface area contributed by atoms with Crippen molar-refractivity contribution in [2.75, 3.05) is 0 Å². The molecule has 0 radical (unpaired) electrons. The predicted molar refractivity (Wildman–Crippen MR) is 75.0 cm³/mol. The molecule has 1 atom stereocenters. The molecular weight excluding hydrogens is 254 g/mol. The first kappa shape index (κ1) is 13.7. The third kappa shape index (κ3) is 2.48. The van der Waals surface area contributed by atoms with E-state index >= 15 is 0 Å². The summed E-state index contributed by atoms with van der Waals surface area (Å²) in [6, 6.07) is 0.141. The Morgan fingerprint density at radius 3 is 2.05 bits per heavy atom. The van der Waals surface area contributed by atoms with Crippen molar-refractivity contribution in [3.8, 4) is 0 Å². The van der Waals surface area contributed by atoms with E-state index in [0.29, 0.717) is 0 Å². The zero-order valence-electron chi connectivity index (χ0n) is 12.0. The lowest BCUT2D eigenvalue weighted by atomic mass is 9.48. The van der Waals surface area contributed by atoms with Crippen LogP contribution in [-0.4, -0.2) is 23.0 Å². The zero-order valence-corrected chi connectivity index (χ0v) is 12.0. The highest BCUT2D eigenvalue weighted by Crippen LogP contribution is 2.61. The van der Waals surface area contributed by atoms with Crippen molar-refractivity contribution in [2.45, 2.75) is 51.5 Å². The normalized spacial score (nSPS) is 40.0. The maximum atomic E-state index is 11.8. The summed E-state index contributed by atoms with van der Waals surface area (Å²) in [6.45, 7) is 2.10. The van der Waals surface area contributed by atoms with Gasteiger partial charge in [-0.3, -0.25) is 4.79 Å². The summed E-state index contributed by atoms with van der Waals surface area (Å²) in [5.74, 6) is 1.21. The van der Waals surface area contributed by atoms with E-state index in [1.807, 2.05) is 0 Å². The molecule has 4 saturated carbocycles. The minimum absolute atomic E-state index is 0.141. The molecule has 20 heavy (non-hydrogen) atoms. The highest BCUT2D eigenvalue weighted by Gasteiger charge is 2.53. The first-order valence-corrected chi connectivity index (χ1v) is 7.68. The van der Waals surface area contributed by atoms with Crippen LogP contribution in [0.5, 0.6) is 0 Å². The quantitative estimate of drug-likeness (QED) is 0.775. The molecule has 4 fully saturated rings. The maximum Gasteiger partial charge on any atom is 0.328 e. The molecule has 4 bridgehead atoms. The van der Waals surface area contributed by atoms with Crippen LogP contribution >= 0.6 is 0 Å². The third-order valence-corrected chi connectivity index (χ3v) is 5.74. The van der Waals surface area contributed by atoms with E-state index in [-0.39, 0.29) is 17.4 Å². The number of carboxylic acid groups (broad SMARTS) is 1. The molecule has 4 rings (SSSR count). The second-order valence-electron chi connectivity index (χ2n) is 7.18. The molecule has 0 aromatic heterocycles. The lowest BCUT2D eigenvalue weighted by Crippen LogP contribution is -2.55. The van der Waals surface area contributed by atoms with Gasteiger partial charge < -0.3 is 10.4 Å². The van der Waals surface area contributed by atoms with Gasteiger partial charge in [-0.25, -0.2) is 4.79 Å². The van der Waals surface area contributed by atoms with Gasteiger partial charge in [0.05, 0.1) is 0 Å². The Hall–Kier alpha value is -1.32. The second kappa shape index (κ2) is 4.90. The Bertz CT molecular complexity index is 419. The summed E-state index contributed by atoms with van der Waals surface area (Å²) in [4.78, 5) is 22.2. The first-order chi connectivity index (χ1) is 9.47. The Morgan fingerprint density at radius 1 is 1.10 bits per heavy atom. The van der Waals surface area contributed by atoms with Crippen LogP contribution < -0.4 is 5.32 Å². The van der Waals surface area contributed by atoms with Crippen LogP contribution in [-0.2, 0) is 9.59 Å². The summed E-state index contributed by atoms with van der Waals surface area (Å²) in [6.07, 6.45) is 9.91. The molecule has 4 heteroatoms. The molecule has 0 saturated heterocycles. The van der Waals surface area contributed by atoms with Crippen LogP contribution in [0.3, 0.4) is 0 Å². The maximum absolute atomic E-state index is 11.8. The largest absolute Gasteiger partial charge is 0.478 e. The van der Waals surface area contributed by atoms with Crippen molar-refractivity contribution in [3.05, 3.63) is 12.2 Å². The van der Waals surface area contributed by atoms with Crippen molar-refractivity contribution in [1.29, 1.82) is 0 Å². The van der Waals surface area contributed by atoms with Crippen molar-refractivity contribution in [1.82, 2.24) is 5.32 Å². The van der Waals surface area contributed by atoms with Crippen LogP contribution in [0.1, 0.15) is 45.4 Å². The van der Waals surface area contributed by atoms with E-state index in [1.165, 1.54) is 38.5 Å². The SMILES string of the molecule is CC(NC(=O)/C=C/C(=O)O)C12CC3CC(CC(C3)C1)C2. The summed E-state index contributed by atoms with van der Waals surface area (Å²) in [5.41, 5.74) is 0.265. The van der Waals surface area contributed by atoms with Crippen LogP contribution in [0.15, 0.2) is 12.2 Å². The molecule has 0 aliphatic heterocycles. The number of carboxylic acids is 1. The van der Waals surface area contributed by atoms with Gasteiger partial charge in [0.15, 0.2) is 0 Å². The second-order valence-corrected chi connectivity index (χ2v) is 7.18. The average molecular weight is 277 g/mol. The highest BCUT2D eigenvalue weighted by molar-refractivity contribution is 5.94. The van der Waals surface area contributed by atoms with Crippen LogP contribution in [0.25, 0.3) is 0 Å². The van der Waals surface area contributed by atoms with Crippen molar-refractivity contribution >= 4 is 11.9 Å². The number of nitrogens with one attached hydrogen (secondary N) is 1. The van der Waals surface area contributed by atoms with Crippen LogP contribution in [0, 0.1) is 23.2 Å². The predicted octanol–water partition coefficient (Wildman–Crippen LogP) is 2.35. The molecule has 110 valence electrons. The zero-order chi connectivity index (χ0) is 14.3. The lowest BCUT2D eigenvalue weighted by molar-refractivity contribution is -0.131. The Labute approximate surface area is 119 Å². The molecule has 1 unspecified atom stereocenters. The van der Waals surface area contributed by atoms with Gasteiger partial charge in [0.25, 0.3) is 0 Å². The summed E-state index contributed by atoms with van der Waals surface area (Å²) < 4.78 is 0. The monoisotopic (exact) mass is 277 g/mol. The van der Waals surface area contributed by atoms with E-state index in [2.05, 4.69) is 12.2 Å². The van der Waals surface area contributed by atoms with Gasteiger partial charge in [-0.15, -0.1) is 0 Å². The lowest BCUT2D eigenvalue weighted by Gasteiger charge is -2.59. The Balaban J connectivity index is 1.66. The molecule has 1 amide bonds. The molecule has 0 aromatic rings. The molecule has 0 heterocycles. The number of hydrogen-bond acceptors (Lipinski definition) is 2. The third-order valence-electron chi connectivity index (χ3n) is 5.74. The molecule has 4 aliphatic rings. The highest BCUT2D eigenvalue weighted by atomic mass is 16.4. The van der Waals surface area contributed by atoms with Gasteiger partial charge in [-0.2, -0.15) is 0 Å². The molecule has 0 aromatic carbocycles. The average Bonchev–Trinajstić information content (AvgIpc) is 2.34. The smallest absolute Gasteiger partial charge is 0.328 e. The number of carbonyl (C=O) groups excluding carboxylic acids is 1. The van der Waals surface area contributed by atoms with Gasteiger partial charge >= 0.3 is 5.97 Å². The number of carbonyl (C=O) groups is 2. The summed E-state index contributed by atoms with van der Waals surface area (Å²) >= 11 is 0. The van der Waals surface area contributed by atoms with E-state index in [4.69, 9.17) is 5.11 Å². The van der Waals surface area contributed by atoms with Gasteiger partial charge in [0.2, 0.25) is 5.91 Å². The van der Waals surface area contributed by atoms with Crippen LogP contribution in [0.4, 0.5) is 0 Å². The molecule has 2 N–H and O–H groups in total. The minimum Gasteiger partial charge on any atom is -0.478 e. The van der Waals surface area contributed by atoms with E-state index in [1.54, 1.807) is 0 Å². The van der Waals surface area contributed by atoms with Crippen molar-refractivity contribution in [2.24, 2.45) is 23.2 Å². The van der Waals surface area contributed by atoms with Gasteiger partial charge in [-0.1, -0.05) is 0 Å². The molecule has 4 nitrogen and oxygen atoms in total. The van der Waals surface area contributed by atoms with Crippen molar-refractivity contribution < 1.29 is 14.7 Å². The van der Waals surface area contributed by atoms with Gasteiger partial charge in [0.1, 0.15) is 0 Å². The number of rotatable bonds is 4. The number of amides is 1. The van der Waals surface area contributed by atoms with Crippen molar-refractivity contribution in [3.63, 3.8) is 0 Å². The fourth-order valence-corrected chi connectivity index (χ4v) is 5.27. The molecular formula is C16H23NO3. The number of aliphatic carboxylic acids is 1. The standard InChI is InChI=1S/C16H23NO3/c1-10(17-14(18)2-3-15(19)20)16-7-11-4-12(8-16)6-13(5-11)9-16/h2-3,10-13H,4-9H2,1H3,(H,17,18)(H,19,20)/b3-2+. The molecule has 4 aliphatic carbocycles. The topological polar surface area (TPSA) is 66.4 Å². The fraction of sp³-hybridized carbons (Fsp3) is 0.750. The summed E-state index contributed by atoms with van der Waals surface area (Å²) in [7, 11) is 0. The van der Waals surface area contributed by atoms with E-state index in [9.17, 15) is 9.59 Å². The molecule has 0 spiro atoms. The Morgan fingerprint density at radius 2 is 1.60 bits per heavy atom. The Kier molecular flexibility index (Phi) is 3.35.